The molecule has 0 radical (unpaired) electrons. The molecule has 0 aliphatic rings. The SMILES string of the molecule is Oc1cc(-c2cccc(-c3ccc(-c4ncco4)c(O)c3)c2)ccc1-c1ncco1. The Hall–Kier alpha value is -4.32. The molecule has 2 aromatic heterocycles. The lowest BCUT2D eigenvalue weighted by atomic mass is 9.97. The monoisotopic (exact) mass is 396 g/mol. The van der Waals surface area contributed by atoms with Gasteiger partial charge in [0.25, 0.3) is 0 Å². The average molecular weight is 396 g/mol. The summed E-state index contributed by atoms with van der Waals surface area (Å²) in [6.07, 6.45) is 6.01. The molecule has 0 amide bonds. The summed E-state index contributed by atoms with van der Waals surface area (Å²) < 4.78 is 10.5. The Morgan fingerprint density at radius 1 is 0.567 bits per heavy atom. The van der Waals surface area contributed by atoms with E-state index in [1.165, 1.54) is 24.9 Å². The summed E-state index contributed by atoms with van der Waals surface area (Å²) in [6.45, 7) is 0. The summed E-state index contributed by atoms with van der Waals surface area (Å²) in [4.78, 5) is 8.15. The van der Waals surface area contributed by atoms with Crippen molar-refractivity contribution in [2.75, 3.05) is 0 Å². The van der Waals surface area contributed by atoms with Gasteiger partial charge in [-0.3, -0.25) is 0 Å². The predicted octanol–water partition coefficient (Wildman–Crippen LogP) is 5.74. The van der Waals surface area contributed by atoms with Gasteiger partial charge in [-0.25, -0.2) is 9.97 Å². The fourth-order valence-corrected chi connectivity index (χ4v) is 3.38. The van der Waals surface area contributed by atoms with Crippen molar-refractivity contribution in [2.45, 2.75) is 0 Å². The highest BCUT2D eigenvalue weighted by atomic mass is 16.3. The van der Waals surface area contributed by atoms with Crippen molar-refractivity contribution in [1.29, 1.82) is 0 Å². The number of rotatable bonds is 4. The van der Waals surface area contributed by atoms with E-state index in [-0.39, 0.29) is 11.5 Å². The number of nitrogens with zero attached hydrogens (tertiary/aromatic N) is 2. The number of aromatic hydroxyl groups is 2. The van der Waals surface area contributed by atoms with E-state index in [2.05, 4.69) is 9.97 Å². The maximum absolute atomic E-state index is 10.4. The molecular weight excluding hydrogens is 380 g/mol. The van der Waals surface area contributed by atoms with Crippen LogP contribution in [0.5, 0.6) is 11.5 Å². The zero-order chi connectivity index (χ0) is 20.5. The van der Waals surface area contributed by atoms with E-state index < -0.39 is 0 Å². The van der Waals surface area contributed by atoms with Gasteiger partial charge in [0, 0.05) is 0 Å². The molecule has 5 aromatic rings. The second-order valence-electron chi connectivity index (χ2n) is 6.72. The Labute approximate surface area is 171 Å². The highest BCUT2D eigenvalue weighted by Crippen LogP contribution is 2.36. The highest BCUT2D eigenvalue weighted by Gasteiger charge is 2.12. The van der Waals surface area contributed by atoms with E-state index in [4.69, 9.17) is 8.83 Å². The molecule has 2 N–H and O–H groups in total. The minimum atomic E-state index is 0.0910. The van der Waals surface area contributed by atoms with E-state index in [9.17, 15) is 10.2 Å². The van der Waals surface area contributed by atoms with Crippen LogP contribution in [0, 0.1) is 0 Å². The second-order valence-corrected chi connectivity index (χ2v) is 6.72. The van der Waals surface area contributed by atoms with Crippen LogP contribution in [0.1, 0.15) is 0 Å². The van der Waals surface area contributed by atoms with Gasteiger partial charge in [0.05, 0.1) is 23.5 Å². The summed E-state index contributed by atoms with van der Waals surface area (Å²) in [5, 5.41) is 20.8. The summed E-state index contributed by atoms with van der Waals surface area (Å²) in [5.41, 5.74) is 4.63. The summed E-state index contributed by atoms with van der Waals surface area (Å²) in [6, 6.07) is 18.6. The average Bonchev–Trinajstić information content (AvgIpc) is 3.48. The number of oxazole rings is 2. The highest BCUT2D eigenvalue weighted by molar-refractivity contribution is 5.78. The first kappa shape index (κ1) is 17.8. The summed E-state index contributed by atoms with van der Waals surface area (Å²) in [5.74, 6) is 0.922. The first-order chi connectivity index (χ1) is 14.7. The maximum atomic E-state index is 10.4. The van der Waals surface area contributed by atoms with Gasteiger partial charge in [-0.15, -0.1) is 0 Å². The summed E-state index contributed by atoms with van der Waals surface area (Å²) in [7, 11) is 0. The second kappa shape index (κ2) is 7.25. The van der Waals surface area contributed by atoms with Crippen molar-refractivity contribution in [3.63, 3.8) is 0 Å². The van der Waals surface area contributed by atoms with Crippen LogP contribution in [0.15, 0.2) is 94.4 Å². The van der Waals surface area contributed by atoms with Crippen molar-refractivity contribution < 1.29 is 19.0 Å². The smallest absolute Gasteiger partial charge is 0.229 e. The van der Waals surface area contributed by atoms with Crippen LogP contribution in [-0.4, -0.2) is 20.2 Å². The molecule has 0 atom stereocenters. The van der Waals surface area contributed by atoms with Gasteiger partial charge in [0.2, 0.25) is 11.8 Å². The Balaban J connectivity index is 1.49. The molecular formula is C24H16N2O4. The van der Waals surface area contributed by atoms with E-state index >= 15 is 0 Å². The van der Waals surface area contributed by atoms with Gasteiger partial charge >= 0.3 is 0 Å². The molecule has 5 rings (SSSR count). The van der Waals surface area contributed by atoms with Crippen molar-refractivity contribution in [2.24, 2.45) is 0 Å². The van der Waals surface area contributed by atoms with Crippen LogP contribution in [-0.2, 0) is 0 Å². The molecule has 0 aliphatic carbocycles. The quantitative estimate of drug-likeness (QED) is 0.402. The van der Waals surface area contributed by atoms with E-state index in [0.717, 1.165) is 22.3 Å². The number of phenolic OH excluding ortho intramolecular Hbond substituents is 2. The van der Waals surface area contributed by atoms with Crippen molar-refractivity contribution in [3.8, 4) is 56.7 Å². The minimum absolute atomic E-state index is 0.0910. The van der Waals surface area contributed by atoms with Gasteiger partial charge in [-0.2, -0.15) is 0 Å². The largest absolute Gasteiger partial charge is 0.507 e. The van der Waals surface area contributed by atoms with Crippen molar-refractivity contribution in [1.82, 2.24) is 9.97 Å². The third kappa shape index (κ3) is 3.20. The predicted molar refractivity (Wildman–Crippen MR) is 112 cm³/mol. The molecule has 0 saturated carbocycles. The molecule has 146 valence electrons. The van der Waals surface area contributed by atoms with Crippen LogP contribution in [0.2, 0.25) is 0 Å². The fraction of sp³-hybridized carbons (Fsp3) is 0. The molecule has 0 aliphatic heterocycles. The molecule has 0 fully saturated rings. The van der Waals surface area contributed by atoms with Crippen LogP contribution in [0.25, 0.3) is 45.2 Å². The molecule has 0 spiro atoms. The van der Waals surface area contributed by atoms with Gasteiger partial charge < -0.3 is 19.0 Å². The summed E-state index contributed by atoms with van der Waals surface area (Å²) >= 11 is 0. The molecule has 6 heteroatoms. The van der Waals surface area contributed by atoms with Gasteiger partial charge in [0.1, 0.15) is 24.0 Å². The lowest BCUT2D eigenvalue weighted by Crippen LogP contribution is -1.85. The van der Waals surface area contributed by atoms with Crippen LogP contribution in [0.3, 0.4) is 0 Å². The molecule has 30 heavy (non-hydrogen) atoms. The Morgan fingerprint density at radius 3 is 1.43 bits per heavy atom. The first-order valence-corrected chi connectivity index (χ1v) is 9.25. The van der Waals surface area contributed by atoms with Crippen LogP contribution >= 0.6 is 0 Å². The molecule has 0 saturated heterocycles. The Kier molecular flexibility index (Phi) is 4.29. The minimum Gasteiger partial charge on any atom is -0.507 e. The Morgan fingerprint density at radius 2 is 1.03 bits per heavy atom. The normalized spacial score (nSPS) is 10.9. The fourth-order valence-electron chi connectivity index (χ4n) is 3.38. The number of benzene rings is 3. The first-order valence-electron chi connectivity index (χ1n) is 9.25. The number of hydrogen-bond acceptors (Lipinski definition) is 6. The zero-order valence-electron chi connectivity index (χ0n) is 15.7. The standard InChI is InChI=1S/C24H16N2O4/c27-21-13-17(4-6-19(21)23-25-8-10-29-23)15-2-1-3-16(12-15)18-5-7-20(22(28)14-18)24-26-9-11-30-24/h1-14,27-28H. The van der Waals surface area contributed by atoms with Crippen LogP contribution in [0.4, 0.5) is 0 Å². The van der Waals surface area contributed by atoms with Gasteiger partial charge in [-0.05, 0) is 52.6 Å². The molecule has 6 nitrogen and oxygen atoms in total. The lowest BCUT2D eigenvalue weighted by Gasteiger charge is -2.09. The topological polar surface area (TPSA) is 92.5 Å². The Bertz CT molecular complexity index is 1210. The number of hydrogen-bond donors (Lipinski definition) is 2. The van der Waals surface area contributed by atoms with E-state index in [1.807, 2.05) is 36.4 Å². The van der Waals surface area contributed by atoms with E-state index in [1.54, 1.807) is 24.3 Å². The third-order valence-corrected chi connectivity index (χ3v) is 4.85. The van der Waals surface area contributed by atoms with Crippen LogP contribution < -0.4 is 0 Å². The van der Waals surface area contributed by atoms with Gasteiger partial charge in [0.15, 0.2) is 0 Å². The lowest BCUT2D eigenvalue weighted by molar-refractivity contribution is 0.472. The van der Waals surface area contributed by atoms with Crippen molar-refractivity contribution in [3.05, 3.63) is 85.6 Å². The maximum Gasteiger partial charge on any atom is 0.229 e. The number of aromatic nitrogens is 2. The molecule has 0 bridgehead atoms. The third-order valence-electron chi connectivity index (χ3n) is 4.85. The molecule has 3 aromatic carbocycles. The van der Waals surface area contributed by atoms with E-state index in [0.29, 0.717) is 22.9 Å². The molecule has 0 unspecified atom stereocenters. The van der Waals surface area contributed by atoms with Gasteiger partial charge in [-0.1, -0.05) is 30.3 Å². The number of phenols is 2. The van der Waals surface area contributed by atoms with Crippen molar-refractivity contribution >= 4 is 0 Å². The zero-order valence-corrected chi connectivity index (χ0v) is 15.7. The molecule has 2 heterocycles.